The maximum Gasteiger partial charge on any atom is 0.254 e. The van der Waals surface area contributed by atoms with Gasteiger partial charge in [-0.2, -0.15) is 11.8 Å². The van der Waals surface area contributed by atoms with E-state index in [2.05, 4.69) is 13.8 Å². The van der Waals surface area contributed by atoms with Crippen LogP contribution in [0.25, 0.3) is 0 Å². The minimum atomic E-state index is 0.132. The molecule has 1 fully saturated rings. The second-order valence-corrected chi connectivity index (χ2v) is 6.37. The Hall–Kier alpha value is -1.16. The molecule has 2 N–H and O–H groups in total. The summed E-state index contributed by atoms with van der Waals surface area (Å²) in [6, 6.07) is 5.78. The van der Waals surface area contributed by atoms with Crippen LogP contribution in [-0.4, -0.2) is 34.4 Å². The Balaban J connectivity index is 2.25. The summed E-state index contributed by atoms with van der Waals surface area (Å²) in [5.74, 6) is 1.15. The maximum atomic E-state index is 12.6. The number of hydrogen-bond acceptors (Lipinski definition) is 3. The molecule has 3 nitrogen and oxygen atoms in total. The smallest absolute Gasteiger partial charge is 0.254 e. The molecule has 1 aliphatic heterocycles. The van der Waals surface area contributed by atoms with E-state index in [0.717, 1.165) is 23.4 Å². The highest BCUT2D eigenvalue weighted by atomic mass is 32.2. The van der Waals surface area contributed by atoms with E-state index in [-0.39, 0.29) is 11.9 Å². The van der Waals surface area contributed by atoms with Crippen LogP contribution in [0.1, 0.15) is 29.8 Å². The van der Waals surface area contributed by atoms with Crippen LogP contribution in [0, 0.1) is 6.92 Å². The monoisotopic (exact) mass is 264 g/mol. The van der Waals surface area contributed by atoms with Crippen molar-refractivity contribution in [2.45, 2.75) is 32.1 Å². The molecule has 1 amide bonds. The zero-order chi connectivity index (χ0) is 13.3. The molecule has 2 atom stereocenters. The lowest BCUT2D eigenvalue weighted by Crippen LogP contribution is -2.48. The molecule has 4 heteroatoms. The molecule has 1 aromatic rings. The molecule has 98 valence electrons. The SMILES string of the molecule is Cc1cc(N)ccc1C(=O)N1CCSC(C)C1C. The van der Waals surface area contributed by atoms with Gasteiger partial charge in [0.1, 0.15) is 0 Å². The van der Waals surface area contributed by atoms with Gasteiger partial charge in [-0.05, 0) is 37.6 Å². The first-order valence-corrected chi connectivity index (χ1v) is 7.34. The van der Waals surface area contributed by atoms with Gasteiger partial charge in [0.15, 0.2) is 0 Å². The third-order valence-electron chi connectivity index (χ3n) is 3.63. The third kappa shape index (κ3) is 2.48. The van der Waals surface area contributed by atoms with Crippen LogP contribution in [0.15, 0.2) is 18.2 Å². The van der Waals surface area contributed by atoms with Crippen molar-refractivity contribution in [2.24, 2.45) is 0 Å². The zero-order valence-electron chi connectivity index (χ0n) is 11.1. The van der Waals surface area contributed by atoms with Gasteiger partial charge >= 0.3 is 0 Å². The summed E-state index contributed by atoms with van der Waals surface area (Å²) in [5, 5.41) is 0.497. The predicted octanol–water partition coefficient (Wildman–Crippen LogP) is 2.54. The van der Waals surface area contributed by atoms with E-state index in [4.69, 9.17) is 5.73 Å². The lowest BCUT2D eigenvalue weighted by molar-refractivity contribution is 0.0697. The molecular weight excluding hydrogens is 244 g/mol. The molecule has 1 saturated heterocycles. The number of nitrogens with two attached hydrogens (primary N) is 1. The van der Waals surface area contributed by atoms with Gasteiger partial charge in [0, 0.05) is 34.8 Å². The van der Waals surface area contributed by atoms with E-state index in [1.54, 1.807) is 6.07 Å². The van der Waals surface area contributed by atoms with Crippen molar-refractivity contribution >= 4 is 23.4 Å². The molecule has 2 unspecified atom stereocenters. The lowest BCUT2D eigenvalue weighted by atomic mass is 10.1. The second-order valence-electron chi connectivity index (χ2n) is 4.89. The number of carbonyl (C=O) groups excluding carboxylic acids is 1. The Labute approximate surface area is 113 Å². The van der Waals surface area contributed by atoms with E-state index >= 15 is 0 Å². The first kappa shape index (κ1) is 13.3. The molecule has 1 heterocycles. The van der Waals surface area contributed by atoms with E-state index in [1.165, 1.54) is 0 Å². The first-order chi connectivity index (χ1) is 8.50. The van der Waals surface area contributed by atoms with Crippen LogP contribution < -0.4 is 5.73 Å². The van der Waals surface area contributed by atoms with E-state index < -0.39 is 0 Å². The Morgan fingerprint density at radius 1 is 1.44 bits per heavy atom. The van der Waals surface area contributed by atoms with Crippen LogP contribution in [0.3, 0.4) is 0 Å². The van der Waals surface area contributed by atoms with Crippen molar-refractivity contribution in [3.05, 3.63) is 29.3 Å². The van der Waals surface area contributed by atoms with Gasteiger partial charge in [0.25, 0.3) is 5.91 Å². The topological polar surface area (TPSA) is 46.3 Å². The fourth-order valence-corrected chi connectivity index (χ4v) is 3.40. The number of carbonyl (C=O) groups is 1. The summed E-state index contributed by atoms with van der Waals surface area (Å²) in [7, 11) is 0. The van der Waals surface area contributed by atoms with Gasteiger partial charge in [-0.3, -0.25) is 4.79 Å². The van der Waals surface area contributed by atoms with Gasteiger partial charge in [0.2, 0.25) is 0 Å². The van der Waals surface area contributed by atoms with Crippen molar-refractivity contribution in [3.63, 3.8) is 0 Å². The normalized spacial score (nSPS) is 24.1. The van der Waals surface area contributed by atoms with Gasteiger partial charge in [-0.1, -0.05) is 6.92 Å². The molecule has 1 aliphatic rings. The molecule has 0 aliphatic carbocycles. The van der Waals surface area contributed by atoms with Crippen LogP contribution >= 0.6 is 11.8 Å². The lowest BCUT2D eigenvalue weighted by Gasteiger charge is -2.37. The number of anilines is 1. The number of rotatable bonds is 1. The molecule has 0 radical (unpaired) electrons. The summed E-state index contributed by atoms with van der Waals surface area (Å²) < 4.78 is 0. The van der Waals surface area contributed by atoms with Crippen molar-refractivity contribution in [3.8, 4) is 0 Å². The van der Waals surface area contributed by atoms with Gasteiger partial charge in [0.05, 0.1) is 0 Å². The van der Waals surface area contributed by atoms with E-state index in [1.807, 2.05) is 35.7 Å². The molecule has 18 heavy (non-hydrogen) atoms. The first-order valence-electron chi connectivity index (χ1n) is 6.29. The molecule has 0 spiro atoms. The molecule has 1 aromatic carbocycles. The van der Waals surface area contributed by atoms with Gasteiger partial charge in [-0.15, -0.1) is 0 Å². The highest BCUT2D eigenvalue weighted by Crippen LogP contribution is 2.26. The number of benzene rings is 1. The van der Waals surface area contributed by atoms with Crippen LogP contribution in [0.5, 0.6) is 0 Å². The summed E-state index contributed by atoms with van der Waals surface area (Å²) in [6.45, 7) is 7.08. The van der Waals surface area contributed by atoms with Crippen molar-refractivity contribution in [1.29, 1.82) is 0 Å². The van der Waals surface area contributed by atoms with Crippen molar-refractivity contribution in [2.75, 3.05) is 18.0 Å². The Morgan fingerprint density at radius 3 is 2.83 bits per heavy atom. The van der Waals surface area contributed by atoms with Gasteiger partial charge < -0.3 is 10.6 Å². The predicted molar refractivity (Wildman–Crippen MR) is 78.0 cm³/mol. The van der Waals surface area contributed by atoms with Crippen LogP contribution in [0.2, 0.25) is 0 Å². The Morgan fingerprint density at radius 2 is 2.17 bits per heavy atom. The van der Waals surface area contributed by atoms with Crippen LogP contribution in [0.4, 0.5) is 5.69 Å². The molecule has 2 rings (SSSR count). The third-order valence-corrected chi connectivity index (χ3v) is 4.96. The maximum absolute atomic E-state index is 12.6. The highest BCUT2D eigenvalue weighted by molar-refractivity contribution is 8.00. The molecular formula is C14H20N2OS. The number of aryl methyl sites for hydroxylation is 1. The summed E-state index contributed by atoms with van der Waals surface area (Å²) in [4.78, 5) is 14.5. The quantitative estimate of drug-likeness (QED) is 0.793. The largest absolute Gasteiger partial charge is 0.399 e. The summed E-state index contributed by atoms with van der Waals surface area (Å²) in [6.07, 6.45) is 0. The van der Waals surface area contributed by atoms with Crippen molar-refractivity contribution in [1.82, 2.24) is 4.90 Å². The molecule has 0 bridgehead atoms. The Bertz CT molecular complexity index is 461. The fraction of sp³-hybridized carbons (Fsp3) is 0.500. The van der Waals surface area contributed by atoms with Crippen LogP contribution in [-0.2, 0) is 0 Å². The average molecular weight is 264 g/mol. The Kier molecular flexibility index (Phi) is 3.85. The summed E-state index contributed by atoms with van der Waals surface area (Å²) in [5.41, 5.74) is 8.17. The van der Waals surface area contributed by atoms with E-state index in [9.17, 15) is 4.79 Å². The van der Waals surface area contributed by atoms with Gasteiger partial charge in [-0.25, -0.2) is 0 Å². The number of nitrogens with zero attached hydrogens (tertiary/aromatic N) is 1. The van der Waals surface area contributed by atoms with Crippen molar-refractivity contribution < 1.29 is 4.79 Å². The summed E-state index contributed by atoms with van der Waals surface area (Å²) >= 11 is 1.94. The number of nitrogen functional groups attached to an aromatic ring is 1. The fourth-order valence-electron chi connectivity index (χ4n) is 2.30. The zero-order valence-corrected chi connectivity index (χ0v) is 12.0. The number of thioether (sulfide) groups is 1. The number of hydrogen-bond donors (Lipinski definition) is 1. The minimum absolute atomic E-state index is 0.132. The molecule has 0 saturated carbocycles. The van der Waals surface area contributed by atoms with E-state index in [0.29, 0.717) is 10.9 Å². The second kappa shape index (κ2) is 5.22. The average Bonchev–Trinajstić information content (AvgIpc) is 2.32. The molecule has 0 aromatic heterocycles. The highest BCUT2D eigenvalue weighted by Gasteiger charge is 2.29. The minimum Gasteiger partial charge on any atom is -0.399 e. The number of amides is 1. The standard InChI is InChI=1S/C14H20N2OS/c1-9-8-12(15)4-5-13(9)14(17)16-6-7-18-11(3)10(16)2/h4-5,8,10-11H,6-7,15H2,1-3H3.